The van der Waals surface area contributed by atoms with Gasteiger partial charge in [0.2, 0.25) is 0 Å². The van der Waals surface area contributed by atoms with Crippen LogP contribution in [0.5, 0.6) is 0 Å². The molecule has 0 aliphatic rings. The Kier molecular flexibility index (Phi) is 6.06. The molecule has 160 valence electrons. The van der Waals surface area contributed by atoms with Crippen LogP contribution in [0.25, 0.3) is 11.1 Å². The number of aryl methyl sites for hydroxylation is 3. The minimum absolute atomic E-state index is 0.131. The van der Waals surface area contributed by atoms with Gasteiger partial charge >= 0.3 is 0 Å². The maximum atomic E-state index is 12.6. The Hall–Kier alpha value is -3.89. The van der Waals surface area contributed by atoms with Gasteiger partial charge in [-0.3, -0.25) is 9.89 Å². The van der Waals surface area contributed by atoms with Gasteiger partial charge in [-0.2, -0.15) is 16.4 Å². The fourth-order valence-corrected chi connectivity index (χ4v) is 4.07. The molecule has 4 N–H and O–H groups in total. The molecule has 0 unspecified atom stereocenters. The lowest BCUT2D eigenvalue weighted by Gasteiger charge is -2.06. The minimum Gasteiger partial charge on any atom is -0.383 e. The lowest BCUT2D eigenvalue weighted by molar-refractivity contribution is 0.0951. The molecule has 0 spiro atoms. The molecule has 7 heteroatoms. The van der Waals surface area contributed by atoms with E-state index in [2.05, 4.69) is 32.3 Å². The molecule has 0 aliphatic carbocycles. The van der Waals surface area contributed by atoms with E-state index in [4.69, 9.17) is 5.73 Å². The van der Waals surface area contributed by atoms with Crippen molar-refractivity contribution in [3.8, 4) is 23.0 Å². The quantitative estimate of drug-likeness (QED) is 0.410. The summed E-state index contributed by atoms with van der Waals surface area (Å²) in [6.45, 7) is 6.38. The number of pyridine rings is 1. The van der Waals surface area contributed by atoms with Crippen LogP contribution in [0.15, 0.2) is 47.3 Å². The van der Waals surface area contributed by atoms with Crippen molar-refractivity contribution < 1.29 is 4.79 Å². The Labute approximate surface area is 190 Å². The van der Waals surface area contributed by atoms with E-state index in [1.165, 1.54) is 0 Å². The molecule has 0 fully saturated rings. The summed E-state index contributed by atoms with van der Waals surface area (Å²) in [4.78, 5) is 16.9. The highest BCUT2D eigenvalue weighted by molar-refractivity contribution is 7.07. The molecule has 0 saturated heterocycles. The second kappa shape index (κ2) is 9.08. The first-order chi connectivity index (χ1) is 15.4. The Morgan fingerprint density at radius 1 is 1.16 bits per heavy atom. The van der Waals surface area contributed by atoms with Crippen LogP contribution < -0.4 is 11.1 Å². The van der Waals surface area contributed by atoms with Gasteiger partial charge in [-0.25, -0.2) is 4.98 Å². The van der Waals surface area contributed by atoms with Crippen molar-refractivity contribution in [1.82, 2.24) is 20.5 Å². The van der Waals surface area contributed by atoms with Crippen molar-refractivity contribution in [3.05, 3.63) is 86.5 Å². The molecule has 0 radical (unpaired) electrons. The zero-order valence-corrected chi connectivity index (χ0v) is 18.9. The van der Waals surface area contributed by atoms with E-state index in [-0.39, 0.29) is 5.91 Å². The molecule has 4 rings (SSSR count). The van der Waals surface area contributed by atoms with Crippen LogP contribution in [0.1, 0.15) is 44.0 Å². The van der Waals surface area contributed by atoms with Crippen molar-refractivity contribution >= 4 is 23.1 Å². The monoisotopic (exact) mass is 441 g/mol. The maximum absolute atomic E-state index is 12.6. The number of anilines is 1. The molecule has 0 atom stereocenters. The van der Waals surface area contributed by atoms with Gasteiger partial charge in [-0.15, -0.1) is 0 Å². The number of nitrogens with zero attached hydrogens (tertiary/aromatic N) is 2. The van der Waals surface area contributed by atoms with E-state index >= 15 is 0 Å². The molecule has 3 heterocycles. The Bertz CT molecular complexity index is 1320. The van der Waals surface area contributed by atoms with Gasteiger partial charge in [0.25, 0.3) is 5.91 Å². The number of nitrogens with two attached hydrogens (primary N) is 1. The highest BCUT2D eigenvalue weighted by atomic mass is 32.1. The SMILES string of the molecule is Cc1ccc(C(=O)NCc2ccsc2)cc1C#Cc1cc(-c2c(C)n[nH]c2C)cnc1N. The predicted molar refractivity (Wildman–Crippen MR) is 128 cm³/mol. The largest absolute Gasteiger partial charge is 0.383 e. The van der Waals surface area contributed by atoms with E-state index < -0.39 is 0 Å². The Morgan fingerprint density at radius 3 is 2.69 bits per heavy atom. The normalized spacial score (nSPS) is 10.5. The molecular formula is C25H23N5OS. The van der Waals surface area contributed by atoms with Gasteiger partial charge in [-0.05, 0) is 66.9 Å². The number of hydrogen-bond acceptors (Lipinski definition) is 5. The van der Waals surface area contributed by atoms with E-state index in [0.717, 1.165) is 39.2 Å². The number of hydrogen-bond donors (Lipinski definition) is 3. The highest BCUT2D eigenvalue weighted by Gasteiger charge is 2.11. The number of aromatic amines is 1. The molecule has 1 aromatic carbocycles. The number of H-pyrrole nitrogens is 1. The molecule has 0 aliphatic heterocycles. The highest BCUT2D eigenvalue weighted by Crippen LogP contribution is 2.26. The lowest BCUT2D eigenvalue weighted by Crippen LogP contribution is -2.22. The van der Waals surface area contributed by atoms with Crippen molar-refractivity contribution in [2.24, 2.45) is 0 Å². The number of nitrogen functional groups attached to an aromatic ring is 1. The maximum Gasteiger partial charge on any atom is 0.251 e. The Morgan fingerprint density at radius 2 is 1.97 bits per heavy atom. The van der Waals surface area contributed by atoms with Crippen LogP contribution in [0.3, 0.4) is 0 Å². The average molecular weight is 442 g/mol. The number of rotatable bonds is 4. The van der Waals surface area contributed by atoms with E-state index in [1.807, 2.05) is 61.9 Å². The topological polar surface area (TPSA) is 96.7 Å². The standard InChI is InChI=1S/C25H23N5OS/c1-15-4-5-21(25(31)28-12-18-8-9-32-14-18)10-19(15)6-7-20-11-22(13-27-24(20)26)23-16(2)29-30-17(23)3/h4-5,8-11,13-14H,12H2,1-3H3,(H2,26,27)(H,28,31)(H,29,30). The predicted octanol–water partition coefficient (Wildman–Crippen LogP) is 4.37. The van der Waals surface area contributed by atoms with Crippen LogP contribution in [0.4, 0.5) is 5.82 Å². The van der Waals surface area contributed by atoms with Crippen LogP contribution >= 0.6 is 11.3 Å². The van der Waals surface area contributed by atoms with Crippen LogP contribution in [0.2, 0.25) is 0 Å². The molecule has 3 aromatic heterocycles. The lowest BCUT2D eigenvalue weighted by atomic mass is 10.0. The second-order valence-electron chi connectivity index (χ2n) is 7.56. The fraction of sp³-hybridized carbons (Fsp3) is 0.160. The third-order valence-electron chi connectivity index (χ3n) is 5.20. The van der Waals surface area contributed by atoms with Crippen LogP contribution in [0, 0.1) is 32.6 Å². The fourth-order valence-electron chi connectivity index (χ4n) is 3.40. The molecule has 0 saturated carbocycles. The summed E-state index contributed by atoms with van der Waals surface area (Å²) in [5.74, 6) is 6.53. The summed E-state index contributed by atoms with van der Waals surface area (Å²) < 4.78 is 0. The molecule has 6 nitrogen and oxygen atoms in total. The van der Waals surface area contributed by atoms with Crippen LogP contribution in [-0.4, -0.2) is 21.1 Å². The van der Waals surface area contributed by atoms with Gasteiger partial charge in [0.15, 0.2) is 0 Å². The number of thiophene rings is 1. The number of carbonyl (C=O) groups is 1. The van der Waals surface area contributed by atoms with Crippen molar-refractivity contribution in [2.45, 2.75) is 27.3 Å². The summed E-state index contributed by atoms with van der Waals surface area (Å²) in [5.41, 5.74) is 13.9. The third-order valence-corrected chi connectivity index (χ3v) is 5.93. The molecule has 4 aromatic rings. The first-order valence-electron chi connectivity index (χ1n) is 10.1. The molecular weight excluding hydrogens is 418 g/mol. The van der Waals surface area contributed by atoms with Gasteiger partial charge in [0.05, 0.1) is 11.3 Å². The zero-order valence-electron chi connectivity index (χ0n) is 18.1. The van der Waals surface area contributed by atoms with Crippen molar-refractivity contribution in [1.29, 1.82) is 0 Å². The number of amides is 1. The molecule has 0 bridgehead atoms. The van der Waals surface area contributed by atoms with Crippen LogP contribution in [-0.2, 0) is 6.54 Å². The van der Waals surface area contributed by atoms with E-state index in [1.54, 1.807) is 17.5 Å². The average Bonchev–Trinajstić information content (AvgIpc) is 3.42. The number of aromatic nitrogens is 3. The Balaban J connectivity index is 1.60. The smallest absolute Gasteiger partial charge is 0.251 e. The summed E-state index contributed by atoms with van der Waals surface area (Å²) in [6.07, 6.45) is 1.73. The number of benzene rings is 1. The van der Waals surface area contributed by atoms with E-state index in [9.17, 15) is 4.79 Å². The molecule has 32 heavy (non-hydrogen) atoms. The van der Waals surface area contributed by atoms with Gasteiger partial charge in [-0.1, -0.05) is 17.9 Å². The first kappa shape index (κ1) is 21.3. The summed E-state index contributed by atoms with van der Waals surface area (Å²) >= 11 is 1.61. The summed E-state index contributed by atoms with van der Waals surface area (Å²) in [5, 5.41) is 14.2. The van der Waals surface area contributed by atoms with E-state index in [0.29, 0.717) is 23.5 Å². The number of nitrogens with one attached hydrogen (secondary N) is 2. The first-order valence-corrected chi connectivity index (χ1v) is 11.1. The number of carbonyl (C=O) groups excluding carboxylic acids is 1. The van der Waals surface area contributed by atoms with Crippen molar-refractivity contribution in [2.75, 3.05) is 5.73 Å². The molecule has 1 amide bonds. The van der Waals surface area contributed by atoms with Crippen molar-refractivity contribution in [3.63, 3.8) is 0 Å². The zero-order chi connectivity index (χ0) is 22.7. The minimum atomic E-state index is -0.131. The van der Waals surface area contributed by atoms with Gasteiger partial charge in [0, 0.05) is 40.7 Å². The summed E-state index contributed by atoms with van der Waals surface area (Å²) in [7, 11) is 0. The second-order valence-corrected chi connectivity index (χ2v) is 8.34. The van der Waals surface area contributed by atoms with Gasteiger partial charge in [0.1, 0.15) is 5.82 Å². The van der Waals surface area contributed by atoms with Gasteiger partial charge < -0.3 is 11.1 Å². The third kappa shape index (κ3) is 4.56. The summed E-state index contributed by atoms with van der Waals surface area (Å²) in [6, 6.07) is 9.44.